The average molecular weight is 402 g/mol. The number of piperidine rings is 1. The maximum atomic E-state index is 11.9. The summed E-state index contributed by atoms with van der Waals surface area (Å²) in [5, 5.41) is 1.15. The lowest BCUT2D eigenvalue weighted by Gasteiger charge is -2.31. The molecule has 154 valence electrons. The van der Waals surface area contributed by atoms with Crippen LogP contribution in [0.2, 0.25) is 0 Å². The number of ether oxygens (including phenoxy) is 2. The van der Waals surface area contributed by atoms with Crippen LogP contribution < -0.4 is 4.74 Å². The summed E-state index contributed by atoms with van der Waals surface area (Å²) in [4.78, 5) is 18.2. The number of carbonyl (C=O) groups is 1. The predicted molar refractivity (Wildman–Crippen MR) is 119 cm³/mol. The molecular formula is C25H26N2O3. The van der Waals surface area contributed by atoms with Crippen molar-refractivity contribution in [2.45, 2.75) is 25.9 Å². The molecule has 0 bridgehead atoms. The molecule has 0 N–H and O–H groups in total. The summed E-state index contributed by atoms with van der Waals surface area (Å²) in [6.07, 6.45) is 4.82. The number of carbonyl (C=O) groups excluding carboxylic acids is 1. The predicted octanol–water partition coefficient (Wildman–Crippen LogP) is 5.38. The van der Waals surface area contributed by atoms with E-state index in [1.54, 1.807) is 11.0 Å². The third kappa shape index (κ3) is 4.30. The maximum absolute atomic E-state index is 11.9. The Morgan fingerprint density at radius 3 is 2.67 bits per heavy atom. The second kappa shape index (κ2) is 8.99. The van der Waals surface area contributed by atoms with E-state index >= 15 is 0 Å². The summed E-state index contributed by atoms with van der Waals surface area (Å²) in [5.74, 6) is 0.850. The fraction of sp³-hybridized carbons (Fsp3) is 0.280. The molecule has 0 aliphatic carbocycles. The van der Waals surface area contributed by atoms with Gasteiger partial charge >= 0.3 is 6.09 Å². The molecule has 5 heteroatoms. The van der Waals surface area contributed by atoms with E-state index in [4.69, 9.17) is 9.47 Å². The Bertz CT molecular complexity index is 1040. The molecule has 1 aromatic heterocycles. The fourth-order valence-corrected chi connectivity index (χ4v) is 3.89. The van der Waals surface area contributed by atoms with Crippen LogP contribution in [0.4, 0.5) is 4.79 Å². The average Bonchev–Trinajstić information content (AvgIpc) is 2.79. The first-order chi connectivity index (χ1) is 14.7. The fourth-order valence-electron chi connectivity index (χ4n) is 3.89. The van der Waals surface area contributed by atoms with E-state index in [-0.39, 0.29) is 18.8 Å². The lowest BCUT2D eigenvalue weighted by Crippen LogP contribution is -2.42. The van der Waals surface area contributed by atoms with Gasteiger partial charge < -0.3 is 14.4 Å². The smallest absolute Gasteiger partial charge is 0.410 e. The zero-order valence-corrected chi connectivity index (χ0v) is 17.2. The van der Waals surface area contributed by atoms with E-state index in [1.807, 2.05) is 24.4 Å². The molecule has 0 unspecified atom stereocenters. The third-order valence-corrected chi connectivity index (χ3v) is 5.52. The number of amides is 1. The van der Waals surface area contributed by atoms with Gasteiger partial charge in [-0.3, -0.25) is 4.98 Å². The van der Waals surface area contributed by atoms with Gasteiger partial charge in [-0.05, 0) is 41.8 Å². The first-order valence-electron chi connectivity index (χ1n) is 10.3. The monoisotopic (exact) mass is 402 g/mol. The van der Waals surface area contributed by atoms with E-state index in [2.05, 4.69) is 48.8 Å². The van der Waals surface area contributed by atoms with Crippen molar-refractivity contribution in [3.63, 3.8) is 0 Å². The van der Waals surface area contributed by atoms with Gasteiger partial charge in [0.25, 0.3) is 0 Å². The molecule has 1 aliphatic heterocycles. The summed E-state index contributed by atoms with van der Waals surface area (Å²) in [7, 11) is 0. The number of aryl methyl sites for hydroxylation is 1. The van der Waals surface area contributed by atoms with Crippen LogP contribution in [0, 0.1) is 6.92 Å². The minimum atomic E-state index is -0.280. The third-order valence-electron chi connectivity index (χ3n) is 5.52. The molecule has 1 amide bonds. The topological polar surface area (TPSA) is 51.7 Å². The quantitative estimate of drug-likeness (QED) is 0.538. The minimum absolute atomic E-state index is 0.103. The van der Waals surface area contributed by atoms with E-state index < -0.39 is 0 Å². The van der Waals surface area contributed by atoms with Gasteiger partial charge in [-0.1, -0.05) is 43.0 Å². The molecule has 0 saturated carbocycles. The summed E-state index contributed by atoms with van der Waals surface area (Å²) in [6.45, 7) is 7.20. The van der Waals surface area contributed by atoms with Gasteiger partial charge in [0, 0.05) is 37.5 Å². The Morgan fingerprint density at radius 1 is 1.17 bits per heavy atom. The maximum Gasteiger partial charge on any atom is 0.410 e. The highest BCUT2D eigenvalue weighted by atomic mass is 16.6. The second-order valence-corrected chi connectivity index (χ2v) is 7.51. The van der Waals surface area contributed by atoms with Crippen molar-refractivity contribution in [2.75, 3.05) is 19.7 Å². The first-order valence-corrected chi connectivity index (χ1v) is 10.3. The van der Waals surface area contributed by atoms with Crippen LogP contribution in [0.5, 0.6) is 5.75 Å². The number of pyridine rings is 1. The number of rotatable bonds is 5. The molecule has 0 radical (unpaired) electrons. The molecule has 0 spiro atoms. The van der Waals surface area contributed by atoms with E-state index in [1.165, 1.54) is 11.1 Å². The number of likely N-dealkylation sites (tertiary alicyclic amines) is 1. The van der Waals surface area contributed by atoms with E-state index in [0.717, 1.165) is 35.1 Å². The van der Waals surface area contributed by atoms with Crippen LogP contribution >= 0.6 is 0 Å². The standard InChI is InChI=1S/C25H26N2O3/c1-3-17-29-25(28)27-15-12-22(13-16-27)30-21-9-6-19(7-10-21)23-11-8-20-5-4-14-26-24(20)18(23)2/h3-11,14,22H,1,12-13,15-17H2,2H3. The summed E-state index contributed by atoms with van der Waals surface area (Å²) >= 11 is 0. The van der Waals surface area contributed by atoms with Crippen molar-refractivity contribution >= 4 is 17.0 Å². The van der Waals surface area contributed by atoms with Crippen molar-refractivity contribution in [1.29, 1.82) is 0 Å². The van der Waals surface area contributed by atoms with Crippen molar-refractivity contribution in [3.8, 4) is 16.9 Å². The molecular weight excluding hydrogens is 376 g/mol. The number of aromatic nitrogens is 1. The van der Waals surface area contributed by atoms with Crippen LogP contribution in [0.3, 0.4) is 0 Å². The highest BCUT2D eigenvalue weighted by molar-refractivity contribution is 5.88. The molecule has 1 aliphatic rings. The Kier molecular flexibility index (Phi) is 5.98. The first kappa shape index (κ1) is 20.0. The van der Waals surface area contributed by atoms with Crippen LogP contribution in [0.15, 0.2) is 67.4 Å². The molecule has 5 nitrogen and oxygen atoms in total. The van der Waals surface area contributed by atoms with Gasteiger partial charge in [0.1, 0.15) is 18.5 Å². The largest absolute Gasteiger partial charge is 0.490 e. The number of nitrogens with zero attached hydrogens (tertiary/aromatic N) is 2. The number of hydrogen-bond donors (Lipinski definition) is 0. The van der Waals surface area contributed by atoms with E-state index in [0.29, 0.717) is 13.1 Å². The van der Waals surface area contributed by atoms with Gasteiger partial charge in [-0.15, -0.1) is 0 Å². The lowest BCUT2D eigenvalue weighted by atomic mass is 9.98. The molecule has 30 heavy (non-hydrogen) atoms. The minimum Gasteiger partial charge on any atom is -0.490 e. The van der Waals surface area contributed by atoms with Crippen LogP contribution in [-0.4, -0.2) is 41.8 Å². The Balaban J connectivity index is 1.39. The second-order valence-electron chi connectivity index (χ2n) is 7.51. The SMILES string of the molecule is C=CCOC(=O)N1CCC(Oc2ccc(-c3ccc4cccnc4c3C)cc2)CC1. The van der Waals surface area contributed by atoms with Gasteiger partial charge in [0.2, 0.25) is 0 Å². The van der Waals surface area contributed by atoms with Crippen LogP contribution in [-0.2, 0) is 4.74 Å². The Hall–Kier alpha value is -3.34. The van der Waals surface area contributed by atoms with Crippen LogP contribution in [0.25, 0.3) is 22.0 Å². The number of benzene rings is 2. The molecule has 2 heterocycles. The highest BCUT2D eigenvalue weighted by Crippen LogP contribution is 2.30. The van der Waals surface area contributed by atoms with Gasteiger partial charge in [0.05, 0.1) is 5.52 Å². The summed E-state index contributed by atoms with van der Waals surface area (Å²) in [6, 6.07) is 16.5. The molecule has 0 atom stereocenters. The highest BCUT2D eigenvalue weighted by Gasteiger charge is 2.24. The normalized spacial score (nSPS) is 14.5. The number of fused-ring (bicyclic) bond motifs is 1. The zero-order chi connectivity index (χ0) is 20.9. The Labute approximate surface area is 176 Å². The number of hydrogen-bond acceptors (Lipinski definition) is 4. The molecule has 4 rings (SSSR count). The molecule has 2 aromatic carbocycles. The van der Waals surface area contributed by atoms with E-state index in [9.17, 15) is 4.79 Å². The molecule has 3 aromatic rings. The summed E-state index contributed by atoms with van der Waals surface area (Å²) < 4.78 is 11.2. The Morgan fingerprint density at radius 2 is 1.93 bits per heavy atom. The molecule has 1 saturated heterocycles. The summed E-state index contributed by atoms with van der Waals surface area (Å²) in [5.41, 5.74) is 4.54. The zero-order valence-electron chi connectivity index (χ0n) is 17.2. The van der Waals surface area contributed by atoms with Crippen molar-refractivity contribution in [3.05, 3.63) is 72.9 Å². The van der Waals surface area contributed by atoms with Crippen molar-refractivity contribution in [1.82, 2.24) is 9.88 Å². The van der Waals surface area contributed by atoms with Crippen molar-refractivity contribution in [2.24, 2.45) is 0 Å². The van der Waals surface area contributed by atoms with Crippen LogP contribution in [0.1, 0.15) is 18.4 Å². The lowest BCUT2D eigenvalue weighted by molar-refractivity contribution is 0.0732. The van der Waals surface area contributed by atoms with Crippen molar-refractivity contribution < 1.29 is 14.3 Å². The van der Waals surface area contributed by atoms with Gasteiger partial charge in [-0.25, -0.2) is 4.79 Å². The van der Waals surface area contributed by atoms with Gasteiger partial charge in [-0.2, -0.15) is 0 Å². The van der Waals surface area contributed by atoms with Gasteiger partial charge in [0.15, 0.2) is 0 Å². The molecule has 1 fully saturated rings.